The summed E-state index contributed by atoms with van der Waals surface area (Å²) in [5.74, 6) is 0. The van der Waals surface area contributed by atoms with E-state index in [-0.39, 0.29) is 5.41 Å². The largest absolute Gasteiger partial charge is 0.456 e. The van der Waals surface area contributed by atoms with Gasteiger partial charge in [0.25, 0.3) is 0 Å². The van der Waals surface area contributed by atoms with Gasteiger partial charge >= 0.3 is 0 Å². The maximum atomic E-state index is 6.64. The second-order valence-electron chi connectivity index (χ2n) is 20.3. The van der Waals surface area contributed by atoms with Crippen molar-refractivity contribution in [1.29, 1.82) is 0 Å². The predicted molar refractivity (Wildman–Crippen MR) is 305 cm³/mol. The van der Waals surface area contributed by atoms with Crippen LogP contribution in [0.2, 0.25) is 0 Å². The van der Waals surface area contributed by atoms with Gasteiger partial charge in [0.15, 0.2) is 0 Å². The Balaban J connectivity index is 0.985. The predicted octanol–water partition coefficient (Wildman–Crippen LogP) is 19.1. The minimum atomic E-state index is -0.524. The molecule has 0 aliphatic heterocycles. The lowest BCUT2D eigenvalue weighted by Gasteiger charge is -2.34. The van der Waals surface area contributed by atoms with Gasteiger partial charge in [-0.1, -0.05) is 190 Å². The lowest BCUT2D eigenvalue weighted by atomic mass is 9.68. The van der Waals surface area contributed by atoms with E-state index in [4.69, 9.17) is 8.83 Å². The topological polar surface area (TPSA) is 32.8 Å². The number of furan rings is 2. The molecule has 350 valence electrons. The highest BCUT2D eigenvalue weighted by Crippen LogP contribution is 2.59. The molecule has 0 fully saturated rings. The molecule has 0 N–H and O–H groups in total. The Morgan fingerprint density at radius 1 is 0.311 bits per heavy atom. The summed E-state index contributed by atoms with van der Waals surface area (Å²) in [4.78, 5) is 4.89. The second-order valence-corrected chi connectivity index (χ2v) is 20.3. The molecule has 13 aromatic rings. The van der Waals surface area contributed by atoms with Gasteiger partial charge in [0.05, 0.1) is 22.2 Å². The Labute approximate surface area is 429 Å². The molecule has 0 unspecified atom stereocenters. The number of anilines is 6. The normalized spacial score (nSPS) is 13.8. The quantitative estimate of drug-likeness (QED) is 0.152. The molecule has 11 aromatic carbocycles. The van der Waals surface area contributed by atoms with Gasteiger partial charge < -0.3 is 18.6 Å². The number of nitrogens with zero attached hydrogens (tertiary/aromatic N) is 2. The number of para-hydroxylation sites is 2. The third-order valence-corrected chi connectivity index (χ3v) is 16.1. The monoisotopic (exact) mass is 948 g/mol. The number of benzene rings is 11. The van der Waals surface area contributed by atoms with Crippen LogP contribution in [-0.2, 0) is 10.8 Å². The second kappa shape index (κ2) is 16.1. The summed E-state index contributed by atoms with van der Waals surface area (Å²) in [6, 6.07) is 92.8. The van der Waals surface area contributed by atoms with E-state index in [1.165, 1.54) is 55.6 Å². The van der Waals surface area contributed by atoms with Crippen molar-refractivity contribution in [2.75, 3.05) is 9.80 Å². The van der Waals surface area contributed by atoms with Crippen LogP contribution in [0, 0.1) is 0 Å². The zero-order valence-corrected chi connectivity index (χ0v) is 41.0. The SMILES string of the molecule is CC1(C)c2ccccc2-c2cccc(N(c3cccc(N(c4ccc5c(c4)-c4ccccc4C5(c4ccccc4)c4ccccc4)c4cccc5oc6ccccc6c45)c3)c3ccc4c(c3)oc3ccccc34)c21. The molecule has 0 spiro atoms. The third-order valence-electron chi connectivity index (χ3n) is 16.1. The fraction of sp³-hybridized carbons (Fsp3) is 0.0571. The molecule has 4 heteroatoms. The summed E-state index contributed by atoms with van der Waals surface area (Å²) in [6.07, 6.45) is 0. The molecule has 0 saturated carbocycles. The minimum absolute atomic E-state index is 0.276. The molecule has 2 heterocycles. The van der Waals surface area contributed by atoms with E-state index >= 15 is 0 Å². The average Bonchev–Trinajstić information content (AvgIpc) is 4.25. The average molecular weight is 949 g/mol. The van der Waals surface area contributed by atoms with E-state index < -0.39 is 5.41 Å². The van der Waals surface area contributed by atoms with Gasteiger partial charge in [-0.15, -0.1) is 0 Å². The fourth-order valence-electron chi connectivity index (χ4n) is 13.0. The smallest absolute Gasteiger partial charge is 0.137 e. The molecule has 0 saturated heterocycles. The van der Waals surface area contributed by atoms with Gasteiger partial charge in [-0.2, -0.15) is 0 Å². The first-order valence-corrected chi connectivity index (χ1v) is 25.6. The first-order valence-electron chi connectivity index (χ1n) is 25.6. The van der Waals surface area contributed by atoms with Gasteiger partial charge in [0, 0.05) is 50.4 Å². The molecular weight excluding hydrogens is 901 g/mol. The molecule has 0 radical (unpaired) electrons. The van der Waals surface area contributed by atoms with E-state index in [9.17, 15) is 0 Å². The summed E-state index contributed by atoms with van der Waals surface area (Å²) in [5, 5.41) is 4.33. The molecule has 0 amide bonds. The molecule has 15 rings (SSSR count). The summed E-state index contributed by atoms with van der Waals surface area (Å²) < 4.78 is 13.3. The van der Waals surface area contributed by atoms with Crippen molar-refractivity contribution in [3.63, 3.8) is 0 Å². The maximum Gasteiger partial charge on any atom is 0.137 e. The zero-order chi connectivity index (χ0) is 49.1. The van der Waals surface area contributed by atoms with E-state index in [0.717, 1.165) is 78.0 Å². The van der Waals surface area contributed by atoms with Crippen LogP contribution in [0.25, 0.3) is 66.1 Å². The van der Waals surface area contributed by atoms with Crippen LogP contribution < -0.4 is 9.80 Å². The highest BCUT2D eigenvalue weighted by Gasteiger charge is 2.46. The standard InChI is InChI=1S/C70H48N2O2/c1-69(2)58-31-13-9-26-51(58)55-30-18-34-62(68(55)69)72(50-38-40-54-53-28-11-15-35-63(53)74-66(54)44-50)48-25-17-24-47(42-48)71(61-33-19-37-65-67(61)56-29-12-16-36-64(56)73-65)49-39-41-60-57(43-49)52-27-10-14-32-59(52)70(60,45-20-5-3-6-21-45)46-22-7-4-8-23-46/h3-44H,1-2H3. The van der Waals surface area contributed by atoms with Crippen molar-refractivity contribution in [2.45, 2.75) is 24.7 Å². The Bertz CT molecular complexity index is 4330. The van der Waals surface area contributed by atoms with Gasteiger partial charge in [0.2, 0.25) is 0 Å². The van der Waals surface area contributed by atoms with Crippen molar-refractivity contribution in [3.8, 4) is 22.3 Å². The van der Waals surface area contributed by atoms with Crippen LogP contribution in [-0.4, -0.2) is 0 Å². The van der Waals surface area contributed by atoms with Gasteiger partial charge in [-0.3, -0.25) is 0 Å². The van der Waals surface area contributed by atoms with Crippen LogP contribution in [0.5, 0.6) is 0 Å². The molecule has 2 aliphatic rings. The van der Waals surface area contributed by atoms with E-state index in [1.54, 1.807) is 0 Å². The van der Waals surface area contributed by atoms with Crippen molar-refractivity contribution in [3.05, 3.63) is 288 Å². The first-order chi connectivity index (χ1) is 36.5. The van der Waals surface area contributed by atoms with Gasteiger partial charge in [-0.05, 0) is 128 Å². The van der Waals surface area contributed by atoms with Crippen LogP contribution in [0.4, 0.5) is 34.1 Å². The Kier molecular flexibility index (Phi) is 9.19. The first kappa shape index (κ1) is 42.3. The zero-order valence-electron chi connectivity index (χ0n) is 41.0. The number of hydrogen-bond donors (Lipinski definition) is 0. The number of fused-ring (bicyclic) bond motifs is 12. The van der Waals surface area contributed by atoms with Crippen LogP contribution in [0.15, 0.2) is 264 Å². The van der Waals surface area contributed by atoms with Crippen LogP contribution >= 0.6 is 0 Å². The minimum Gasteiger partial charge on any atom is -0.456 e. The third kappa shape index (κ3) is 6.03. The van der Waals surface area contributed by atoms with Gasteiger partial charge in [-0.25, -0.2) is 0 Å². The highest BCUT2D eigenvalue weighted by atomic mass is 16.3. The highest BCUT2D eigenvalue weighted by molar-refractivity contribution is 6.14. The summed E-state index contributed by atoms with van der Waals surface area (Å²) in [7, 11) is 0. The van der Waals surface area contributed by atoms with Crippen molar-refractivity contribution >= 4 is 78.0 Å². The van der Waals surface area contributed by atoms with Crippen molar-refractivity contribution in [1.82, 2.24) is 0 Å². The summed E-state index contributed by atoms with van der Waals surface area (Å²) >= 11 is 0. The molecule has 0 atom stereocenters. The van der Waals surface area contributed by atoms with Crippen LogP contribution in [0.1, 0.15) is 47.2 Å². The Hall–Kier alpha value is -9.38. The Morgan fingerprint density at radius 3 is 1.55 bits per heavy atom. The molecule has 2 aromatic heterocycles. The fourth-order valence-corrected chi connectivity index (χ4v) is 13.0. The van der Waals surface area contributed by atoms with Crippen LogP contribution in [0.3, 0.4) is 0 Å². The molecule has 4 nitrogen and oxygen atoms in total. The summed E-state index contributed by atoms with van der Waals surface area (Å²) in [6.45, 7) is 4.73. The lowest BCUT2D eigenvalue weighted by Crippen LogP contribution is -2.28. The molecule has 0 bridgehead atoms. The maximum absolute atomic E-state index is 6.64. The molecule has 74 heavy (non-hydrogen) atoms. The van der Waals surface area contributed by atoms with E-state index in [2.05, 4.69) is 266 Å². The van der Waals surface area contributed by atoms with E-state index in [0.29, 0.717) is 0 Å². The Morgan fingerprint density at radius 2 is 0.797 bits per heavy atom. The number of hydrogen-bond acceptors (Lipinski definition) is 4. The number of rotatable bonds is 8. The van der Waals surface area contributed by atoms with Gasteiger partial charge in [0.1, 0.15) is 22.3 Å². The summed E-state index contributed by atoms with van der Waals surface area (Å²) in [5.41, 5.74) is 21.5. The van der Waals surface area contributed by atoms with Crippen molar-refractivity contribution in [2.24, 2.45) is 0 Å². The molecular formula is C70H48N2O2. The van der Waals surface area contributed by atoms with E-state index in [1.807, 2.05) is 12.1 Å². The lowest BCUT2D eigenvalue weighted by molar-refractivity contribution is 0.660. The van der Waals surface area contributed by atoms with Crippen molar-refractivity contribution < 1.29 is 8.83 Å². The molecule has 2 aliphatic carbocycles.